The number of carbonyl (C=O) groups is 4. The van der Waals surface area contributed by atoms with Crippen molar-refractivity contribution in [3.8, 4) is 0 Å². The van der Waals surface area contributed by atoms with Crippen LogP contribution in [-0.4, -0.2) is 71.6 Å². The van der Waals surface area contributed by atoms with Gasteiger partial charge in [0.1, 0.15) is 24.8 Å². The van der Waals surface area contributed by atoms with E-state index >= 15 is 0 Å². The number of Topliss-reactive ketones (excluding diaryl/α,β-unsaturated/α-hetero) is 4. The van der Waals surface area contributed by atoms with E-state index in [1.807, 2.05) is 0 Å². The van der Waals surface area contributed by atoms with E-state index in [1.54, 1.807) is 37.4 Å². The molecule has 0 saturated heterocycles. The molecule has 1 saturated carbocycles. The van der Waals surface area contributed by atoms with Crippen LogP contribution in [0.2, 0.25) is 0 Å². The zero-order chi connectivity index (χ0) is 21.1. The molecule has 1 aliphatic carbocycles. The van der Waals surface area contributed by atoms with Gasteiger partial charge in [-0.25, -0.2) is 0 Å². The molecule has 0 aliphatic heterocycles. The molecule has 0 aromatic carbocycles. The maximum Gasteiger partial charge on any atom is 0.158 e. The van der Waals surface area contributed by atoms with E-state index in [9.17, 15) is 19.2 Å². The van der Waals surface area contributed by atoms with Crippen molar-refractivity contribution in [2.75, 3.05) is 37.9 Å². The lowest BCUT2D eigenvalue weighted by Crippen LogP contribution is -2.58. The summed E-state index contributed by atoms with van der Waals surface area (Å²) < 4.78 is 10.3. The highest BCUT2D eigenvalue weighted by molar-refractivity contribution is 8.04. The average molecular weight is 433 g/mol. The normalized spacial score (nSPS) is 23.9. The second-order valence-corrected chi connectivity index (χ2v) is 9.72. The molecular formula is C20H32O6S2. The molecule has 0 N–H and O–H groups in total. The first kappa shape index (κ1) is 25.3. The van der Waals surface area contributed by atoms with Crippen LogP contribution in [0, 0.1) is 11.8 Å². The minimum atomic E-state index is -0.194. The van der Waals surface area contributed by atoms with Crippen molar-refractivity contribution < 1.29 is 28.7 Å². The van der Waals surface area contributed by atoms with Crippen LogP contribution >= 0.6 is 23.5 Å². The highest BCUT2D eigenvalue weighted by Gasteiger charge is 2.54. The third-order valence-corrected chi connectivity index (χ3v) is 7.54. The fraction of sp³-hybridized carbons (Fsp3) is 0.800. The summed E-state index contributed by atoms with van der Waals surface area (Å²) in [5, 5.41) is 0.344. The molecule has 0 aromatic rings. The summed E-state index contributed by atoms with van der Waals surface area (Å²) in [6, 6.07) is 0. The van der Waals surface area contributed by atoms with Crippen molar-refractivity contribution in [3.63, 3.8) is 0 Å². The zero-order valence-corrected chi connectivity index (χ0v) is 18.9. The second kappa shape index (κ2) is 13.5. The Balaban J connectivity index is 2.26. The van der Waals surface area contributed by atoms with Crippen molar-refractivity contribution in [1.82, 2.24) is 0 Å². The quantitative estimate of drug-likeness (QED) is 0.344. The van der Waals surface area contributed by atoms with Crippen molar-refractivity contribution in [2.45, 2.75) is 51.0 Å². The number of hydrogen-bond acceptors (Lipinski definition) is 8. The van der Waals surface area contributed by atoms with Crippen LogP contribution in [0.25, 0.3) is 0 Å². The summed E-state index contributed by atoms with van der Waals surface area (Å²) in [6.45, 7) is 7.37. The van der Waals surface area contributed by atoms with Crippen molar-refractivity contribution in [2.24, 2.45) is 11.8 Å². The number of ether oxygens (including phenoxy) is 2. The lowest BCUT2D eigenvalue weighted by Gasteiger charge is -2.49. The molecule has 1 fully saturated rings. The monoisotopic (exact) mass is 432 g/mol. The number of carbonyl (C=O) groups excluding carboxylic acids is 4. The first-order valence-electron chi connectivity index (χ1n) is 9.70. The van der Waals surface area contributed by atoms with Crippen LogP contribution in [0.4, 0.5) is 0 Å². The molecule has 0 aromatic heterocycles. The SMILES string of the molecule is CCSC1C(SCCCC(=O)COCCOCC(C)=O)C(C(C)=O)C1C(C)=O. The van der Waals surface area contributed by atoms with Gasteiger partial charge in [0, 0.05) is 28.8 Å². The van der Waals surface area contributed by atoms with Crippen LogP contribution in [0.15, 0.2) is 0 Å². The number of thioether (sulfide) groups is 2. The van der Waals surface area contributed by atoms with Gasteiger partial charge >= 0.3 is 0 Å². The molecule has 0 bridgehead atoms. The van der Waals surface area contributed by atoms with Gasteiger partial charge < -0.3 is 9.47 Å². The summed E-state index contributed by atoms with van der Waals surface area (Å²) in [4.78, 5) is 46.5. The van der Waals surface area contributed by atoms with Gasteiger partial charge in [-0.2, -0.15) is 23.5 Å². The Morgan fingerprint density at radius 3 is 1.86 bits per heavy atom. The summed E-state index contributed by atoms with van der Waals surface area (Å²) in [6.07, 6.45) is 1.16. The molecule has 1 rings (SSSR count). The largest absolute Gasteiger partial charge is 0.371 e. The Hall–Kier alpha value is -0.700. The fourth-order valence-electron chi connectivity index (χ4n) is 3.31. The van der Waals surface area contributed by atoms with Crippen LogP contribution in [-0.2, 0) is 28.7 Å². The average Bonchev–Trinajstić information content (AvgIpc) is 2.59. The van der Waals surface area contributed by atoms with E-state index in [1.165, 1.54) is 6.92 Å². The molecule has 4 unspecified atom stereocenters. The first-order chi connectivity index (χ1) is 13.3. The zero-order valence-electron chi connectivity index (χ0n) is 17.2. The predicted molar refractivity (Wildman–Crippen MR) is 113 cm³/mol. The third kappa shape index (κ3) is 8.35. The lowest BCUT2D eigenvalue weighted by atomic mass is 9.68. The van der Waals surface area contributed by atoms with Crippen molar-refractivity contribution >= 4 is 46.7 Å². The summed E-state index contributed by atoms with van der Waals surface area (Å²) >= 11 is 3.46. The highest BCUT2D eigenvalue weighted by atomic mass is 32.2. The molecule has 0 radical (unpaired) electrons. The molecule has 1 aliphatic rings. The summed E-state index contributed by atoms with van der Waals surface area (Å²) in [7, 11) is 0. The van der Waals surface area contributed by atoms with Gasteiger partial charge in [0.05, 0.1) is 13.2 Å². The van der Waals surface area contributed by atoms with Crippen LogP contribution < -0.4 is 0 Å². The molecule has 8 heteroatoms. The van der Waals surface area contributed by atoms with Crippen LogP contribution in [0.1, 0.15) is 40.5 Å². The topological polar surface area (TPSA) is 86.7 Å². The minimum absolute atomic E-state index is 0.0324. The Kier molecular flexibility index (Phi) is 12.2. The minimum Gasteiger partial charge on any atom is -0.371 e. The van der Waals surface area contributed by atoms with E-state index in [2.05, 4.69) is 6.92 Å². The Bertz CT molecular complexity index is 551. The molecule has 0 heterocycles. The van der Waals surface area contributed by atoms with Gasteiger partial charge in [-0.3, -0.25) is 19.2 Å². The first-order valence-corrected chi connectivity index (χ1v) is 11.8. The molecule has 0 amide bonds. The Morgan fingerprint density at radius 1 is 0.821 bits per heavy atom. The highest BCUT2D eigenvalue weighted by Crippen LogP contribution is 2.50. The van der Waals surface area contributed by atoms with E-state index in [-0.39, 0.29) is 58.7 Å². The molecular weight excluding hydrogens is 400 g/mol. The predicted octanol–water partition coefficient (Wildman–Crippen LogP) is 2.61. The third-order valence-electron chi connectivity index (χ3n) is 4.57. The van der Waals surface area contributed by atoms with E-state index in [0.717, 1.165) is 17.9 Å². The van der Waals surface area contributed by atoms with Crippen molar-refractivity contribution in [1.29, 1.82) is 0 Å². The van der Waals surface area contributed by atoms with Gasteiger partial charge in [0.15, 0.2) is 11.6 Å². The maximum absolute atomic E-state index is 12.0. The van der Waals surface area contributed by atoms with Crippen molar-refractivity contribution in [3.05, 3.63) is 0 Å². The molecule has 4 atom stereocenters. The van der Waals surface area contributed by atoms with Gasteiger partial charge in [-0.15, -0.1) is 0 Å². The molecule has 6 nitrogen and oxygen atoms in total. The number of rotatable bonds is 16. The number of ketones is 4. The summed E-state index contributed by atoms with van der Waals surface area (Å²) in [5.74, 6) is 1.52. The fourth-order valence-corrected chi connectivity index (χ4v) is 6.60. The lowest BCUT2D eigenvalue weighted by molar-refractivity contribution is -0.134. The van der Waals surface area contributed by atoms with Gasteiger partial charge in [-0.05, 0) is 38.7 Å². The summed E-state index contributed by atoms with van der Waals surface area (Å²) in [5.41, 5.74) is 0. The Morgan fingerprint density at radius 2 is 1.36 bits per heavy atom. The van der Waals surface area contributed by atoms with Gasteiger partial charge in [-0.1, -0.05) is 6.92 Å². The van der Waals surface area contributed by atoms with E-state index in [0.29, 0.717) is 19.6 Å². The second-order valence-electron chi connectivity index (χ2n) is 6.98. The molecule has 0 spiro atoms. The Labute approximate surface area is 176 Å². The van der Waals surface area contributed by atoms with Crippen LogP contribution in [0.5, 0.6) is 0 Å². The van der Waals surface area contributed by atoms with E-state index in [4.69, 9.17) is 9.47 Å². The molecule has 28 heavy (non-hydrogen) atoms. The standard InChI is InChI=1S/C20H32O6S2/c1-5-27-19-17(14(3)22)18(15(4)23)20(19)28-10-6-7-16(24)12-26-9-8-25-11-13(2)21/h17-20H,5-12H2,1-4H3. The molecule has 160 valence electrons. The van der Waals surface area contributed by atoms with Gasteiger partial charge in [0.25, 0.3) is 0 Å². The smallest absolute Gasteiger partial charge is 0.158 e. The van der Waals surface area contributed by atoms with Crippen LogP contribution in [0.3, 0.4) is 0 Å². The maximum atomic E-state index is 12.0. The van der Waals surface area contributed by atoms with E-state index < -0.39 is 0 Å². The number of hydrogen-bond donors (Lipinski definition) is 0. The van der Waals surface area contributed by atoms with Gasteiger partial charge in [0.2, 0.25) is 0 Å².